The second kappa shape index (κ2) is 11.5. The van der Waals surface area contributed by atoms with Gasteiger partial charge in [0.05, 0.1) is 0 Å². The number of hydrogen-bond acceptors (Lipinski definition) is 4. The van der Waals surface area contributed by atoms with Crippen LogP contribution >= 0.6 is 0 Å². The minimum atomic E-state index is 0.167. The molecule has 1 aromatic rings. The zero-order valence-corrected chi connectivity index (χ0v) is 18.6. The summed E-state index contributed by atoms with van der Waals surface area (Å²) < 4.78 is 5.58. The van der Waals surface area contributed by atoms with Crippen molar-refractivity contribution < 1.29 is 14.3 Å². The third-order valence-corrected chi connectivity index (χ3v) is 6.56. The second-order valence-electron chi connectivity index (χ2n) is 8.64. The predicted molar refractivity (Wildman–Crippen MR) is 118 cm³/mol. The number of ether oxygens (including phenoxy) is 1. The van der Waals surface area contributed by atoms with Crippen LogP contribution in [0.3, 0.4) is 0 Å². The van der Waals surface area contributed by atoms with Crippen LogP contribution in [0.1, 0.15) is 44.6 Å². The Balaban J connectivity index is 1.55. The molecule has 0 aliphatic carbocycles. The Morgan fingerprint density at radius 1 is 1.07 bits per heavy atom. The van der Waals surface area contributed by atoms with Crippen molar-refractivity contribution in [1.82, 2.24) is 14.7 Å². The maximum absolute atomic E-state index is 12.7. The molecule has 0 saturated carbocycles. The Bertz CT molecular complexity index is 676. The quantitative estimate of drug-likeness (QED) is 0.655. The number of hydrogen-bond donors (Lipinski definition) is 0. The van der Waals surface area contributed by atoms with Crippen LogP contribution in [-0.2, 0) is 20.7 Å². The average molecular weight is 416 g/mol. The summed E-state index contributed by atoms with van der Waals surface area (Å²) in [6.07, 6.45) is 5.55. The van der Waals surface area contributed by atoms with Gasteiger partial charge in [-0.05, 0) is 37.7 Å². The summed E-state index contributed by atoms with van der Waals surface area (Å²) in [5.41, 5.74) is 1.20. The van der Waals surface area contributed by atoms with E-state index in [1.54, 1.807) is 6.92 Å². The van der Waals surface area contributed by atoms with Gasteiger partial charge in [0, 0.05) is 71.9 Å². The van der Waals surface area contributed by atoms with Crippen molar-refractivity contribution in [2.45, 2.75) is 57.5 Å². The Kier molecular flexibility index (Phi) is 8.70. The van der Waals surface area contributed by atoms with Gasteiger partial charge < -0.3 is 14.5 Å². The fourth-order valence-electron chi connectivity index (χ4n) is 4.67. The van der Waals surface area contributed by atoms with Gasteiger partial charge >= 0.3 is 0 Å². The lowest BCUT2D eigenvalue weighted by Crippen LogP contribution is -2.55. The number of piperidine rings is 1. The Morgan fingerprint density at radius 2 is 1.80 bits per heavy atom. The standard InChI is InChI=1S/C24H37N3O3/c1-20(28)26-14-6-9-23(19-26)27(22-12-17-30-18-13-22)16-15-25(2)24(29)11-10-21-7-4-3-5-8-21/h3-5,7-8,22-23H,6,9-19H2,1-2H3. The van der Waals surface area contributed by atoms with Gasteiger partial charge in [-0.15, -0.1) is 0 Å². The van der Waals surface area contributed by atoms with E-state index in [1.807, 2.05) is 35.0 Å². The molecule has 1 atom stereocenters. The second-order valence-corrected chi connectivity index (χ2v) is 8.64. The van der Waals surface area contributed by atoms with E-state index in [1.165, 1.54) is 5.56 Å². The van der Waals surface area contributed by atoms with E-state index in [0.29, 0.717) is 18.5 Å². The van der Waals surface area contributed by atoms with E-state index in [9.17, 15) is 9.59 Å². The van der Waals surface area contributed by atoms with Gasteiger partial charge in [-0.3, -0.25) is 14.5 Å². The first-order valence-corrected chi connectivity index (χ1v) is 11.4. The van der Waals surface area contributed by atoms with Crippen LogP contribution in [0.2, 0.25) is 0 Å². The molecular formula is C24H37N3O3. The maximum Gasteiger partial charge on any atom is 0.222 e. The smallest absolute Gasteiger partial charge is 0.222 e. The van der Waals surface area contributed by atoms with Crippen LogP contribution in [0.4, 0.5) is 0 Å². The number of carbonyl (C=O) groups excluding carboxylic acids is 2. The van der Waals surface area contributed by atoms with Crippen LogP contribution in [0, 0.1) is 0 Å². The minimum absolute atomic E-state index is 0.167. The highest BCUT2D eigenvalue weighted by molar-refractivity contribution is 5.76. The van der Waals surface area contributed by atoms with Gasteiger partial charge in [-0.1, -0.05) is 30.3 Å². The van der Waals surface area contributed by atoms with E-state index in [2.05, 4.69) is 17.0 Å². The molecular weight excluding hydrogens is 378 g/mol. The molecule has 1 aromatic carbocycles. The van der Waals surface area contributed by atoms with Crippen molar-refractivity contribution in [3.05, 3.63) is 35.9 Å². The number of aryl methyl sites for hydroxylation is 1. The van der Waals surface area contributed by atoms with Crippen molar-refractivity contribution in [2.75, 3.05) is 46.4 Å². The van der Waals surface area contributed by atoms with E-state index in [0.717, 1.165) is 71.5 Å². The number of nitrogens with zero attached hydrogens (tertiary/aromatic N) is 3. The summed E-state index contributed by atoms with van der Waals surface area (Å²) in [4.78, 5) is 31.0. The molecule has 2 aliphatic rings. The third-order valence-electron chi connectivity index (χ3n) is 6.56. The first-order valence-electron chi connectivity index (χ1n) is 11.4. The fourth-order valence-corrected chi connectivity index (χ4v) is 4.67. The molecule has 0 N–H and O–H groups in total. The van der Waals surface area contributed by atoms with Gasteiger partial charge in [0.1, 0.15) is 0 Å². The van der Waals surface area contributed by atoms with Gasteiger partial charge in [0.15, 0.2) is 0 Å². The maximum atomic E-state index is 12.7. The van der Waals surface area contributed by atoms with Gasteiger partial charge in [-0.2, -0.15) is 0 Å². The van der Waals surface area contributed by atoms with Crippen LogP contribution in [-0.4, -0.2) is 85.0 Å². The molecule has 0 bridgehead atoms. The Morgan fingerprint density at radius 3 is 2.50 bits per heavy atom. The van der Waals surface area contributed by atoms with E-state index < -0.39 is 0 Å². The molecule has 2 fully saturated rings. The highest BCUT2D eigenvalue weighted by Crippen LogP contribution is 2.23. The fraction of sp³-hybridized carbons (Fsp3) is 0.667. The van der Waals surface area contributed by atoms with Crippen molar-refractivity contribution in [3.8, 4) is 0 Å². The van der Waals surface area contributed by atoms with E-state index in [-0.39, 0.29) is 11.8 Å². The zero-order chi connectivity index (χ0) is 21.3. The van der Waals surface area contributed by atoms with E-state index >= 15 is 0 Å². The van der Waals surface area contributed by atoms with Crippen LogP contribution < -0.4 is 0 Å². The largest absolute Gasteiger partial charge is 0.381 e. The van der Waals surface area contributed by atoms with Gasteiger partial charge in [0.2, 0.25) is 11.8 Å². The van der Waals surface area contributed by atoms with E-state index in [4.69, 9.17) is 4.74 Å². The number of amides is 2. The number of likely N-dealkylation sites (tertiary alicyclic amines) is 1. The predicted octanol–water partition coefficient (Wildman–Crippen LogP) is 2.57. The van der Waals surface area contributed by atoms with Crippen LogP contribution in [0.5, 0.6) is 0 Å². The Labute approximate surface area is 181 Å². The SMILES string of the molecule is CC(=O)N1CCCC(N(CCN(C)C(=O)CCc2ccccc2)C2CCOCC2)C1. The topological polar surface area (TPSA) is 53.1 Å². The molecule has 2 saturated heterocycles. The van der Waals surface area contributed by atoms with Crippen LogP contribution in [0.25, 0.3) is 0 Å². The molecule has 0 radical (unpaired) electrons. The molecule has 1 unspecified atom stereocenters. The van der Waals surface area contributed by atoms with Crippen molar-refractivity contribution >= 4 is 11.8 Å². The van der Waals surface area contributed by atoms with Gasteiger partial charge in [-0.25, -0.2) is 0 Å². The number of carbonyl (C=O) groups is 2. The average Bonchev–Trinajstić information content (AvgIpc) is 2.79. The first-order chi connectivity index (χ1) is 14.5. The van der Waals surface area contributed by atoms with Crippen molar-refractivity contribution in [3.63, 3.8) is 0 Å². The molecule has 3 rings (SSSR count). The number of benzene rings is 1. The molecule has 30 heavy (non-hydrogen) atoms. The Hall–Kier alpha value is -1.92. The highest BCUT2D eigenvalue weighted by atomic mass is 16.5. The lowest BCUT2D eigenvalue weighted by atomic mass is 9.98. The van der Waals surface area contributed by atoms with Crippen LogP contribution in [0.15, 0.2) is 30.3 Å². The monoisotopic (exact) mass is 415 g/mol. The summed E-state index contributed by atoms with van der Waals surface area (Å²) in [6, 6.07) is 11.0. The van der Waals surface area contributed by atoms with Crippen molar-refractivity contribution in [2.24, 2.45) is 0 Å². The molecule has 2 aliphatic heterocycles. The van der Waals surface area contributed by atoms with Crippen molar-refractivity contribution in [1.29, 1.82) is 0 Å². The summed E-state index contributed by atoms with van der Waals surface area (Å²) in [5, 5.41) is 0. The summed E-state index contributed by atoms with van der Waals surface area (Å²) in [6.45, 7) is 6.52. The highest BCUT2D eigenvalue weighted by Gasteiger charge is 2.32. The number of rotatable bonds is 8. The normalized spacial score (nSPS) is 20.4. The summed E-state index contributed by atoms with van der Waals surface area (Å²) in [7, 11) is 1.91. The zero-order valence-electron chi connectivity index (χ0n) is 18.6. The molecule has 2 heterocycles. The molecule has 2 amide bonds. The summed E-state index contributed by atoms with van der Waals surface area (Å²) >= 11 is 0. The van der Waals surface area contributed by atoms with Gasteiger partial charge in [0.25, 0.3) is 0 Å². The molecule has 6 nitrogen and oxygen atoms in total. The lowest BCUT2D eigenvalue weighted by Gasteiger charge is -2.44. The molecule has 6 heteroatoms. The minimum Gasteiger partial charge on any atom is -0.381 e. The first kappa shape index (κ1) is 22.8. The molecule has 0 spiro atoms. The number of likely N-dealkylation sites (N-methyl/N-ethyl adjacent to an activating group) is 1. The summed E-state index contributed by atoms with van der Waals surface area (Å²) in [5.74, 6) is 0.361. The molecule has 166 valence electrons. The lowest BCUT2D eigenvalue weighted by molar-refractivity contribution is -0.131. The third kappa shape index (κ3) is 6.54. The molecule has 0 aromatic heterocycles.